The normalized spacial score (nSPS) is 10.7. The number of phenolic OH excluding ortho intramolecular Hbond substituents is 1. The number of benzene rings is 2. The molecule has 23 heavy (non-hydrogen) atoms. The lowest BCUT2D eigenvalue weighted by atomic mass is 10.1. The summed E-state index contributed by atoms with van der Waals surface area (Å²) in [5.41, 5.74) is 1.90. The van der Waals surface area contributed by atoms with Gasteiger partial charge in [-0.2, -0.15) is 0 Å². The maximum Gasteiger partial charge on any atom is 0.335 e. The van der Waals surface area contributed by atoms with Crippen LogP contribution in [0.2, 0.25) is 0 Å². The van der Waals surface area contributed by atoms with E-state index >= 15 is 0 Å². The van der Waals surface area contributed by atoms with Crippen LogP contribution in [0.4, 0.5) is 0 Å². The quantitative estimate of drug-likeness (QED) is 0.796. The molecule has 2 N–H and O–H groups in total. The Morgan fingerprint density at radius 2 is 1.70 bits per heavy atom. The SMILES string of the molecule is CCOc1cc(C=Cc2ccc(C(=O)O)cc2)cc(OC)c1O. The van der Waals surface area contributed by atoms with Crippen molar-refractivity contribution in [1.82, 2.24) is 0 Å². The summed E-state index contributed by atoms with van der Waals surface area (Å²) in [5.74, 6) is -0.299. The summed E-state index contributed by atoms with van der Waals surface area (Å²) in [4.78, 5) is 10.8. The smallest absolute Gasteiger partial charge is 0.335 e. The van der Waals surface area contributed by atoms with Gasteiger partial charge in [0.2, 0.25) is 5.75 Å². The van der Waals surface area contributed by atoms with Crippen molar-refractivity contribution in [2.75, 3.05) is 13.7 Å². The highest BCUT2D eigenvalue weighted by molar-refractivity contribution is 5.88. The molecule has 120 valence electrons. The zero-order valence-electron chi connectivity index (χ0n) is 12.9. The lowest BCUT2D eigenvalue weighted by Crippen LogP contribution is -1.95. The number of ether oxygens (including phenoxy) is 2. The van der Waals surface area contributed by atoms with Crippen LogP contribution >= 0.6 is 0 Å². The van der Waals surface area contributed by atoms with E-state index in [-0.39, 0.29) is 11.3 Å². The highest BCUT2D eigenvalue weighted by Crippen LogP contribution is 2.37. The van der Waals surface area contributed by atoms with Gasteiger partial charge < -0.3 is 19.7 Å². The summed E-state index contributed by atoms with van der Waals surface area (Å²) in [6, 6.07) is 9.95. The van der Waals surface area contributed by atoms with Gasteiger partial charge in [0.1, 0.15) is 0 Å². The van der Waals surface area contributed by atoms with Crippen LogP contribution in [0.1, 0.15) is 28.4 Å². The first-order chi connectivity index (χ1) is 11.0. The molecule has 0 saturated carbocycles. The van der Waals surface area contributed by atoms with Crippen molar-refractivity contribution in [2.24, 2.45) is 0 Å². The van der Waals surface area contributed by atoms with Crippen molar-refractivity contribution in [1.29, 1.82) is 0 Å². The van der Waals surface area contributed by atoms with Gasteiger partial charge in [-0.15, -0.1) is 0 Å². The van der Waals surface area contributed by atoms with E-state index in [1.807, 2.05) is 19.1 Å². The van der Waals surface area contributed by atoms with E-state index in [9.17, 15) is 9.90 Å². The summed E-state index contributed by atoms with van der Waals surface area (Å²) >= 11 is 0. The van der Waals surface area contributed by atoms with Gasteiger partial charge in [0.05, 0.1) is 19.3 Å². The summed E-state index contributed by atoms with van der Waals surface area (Å²) in [7, 11) is 1.48. The molecule has 0 saturated heterocycles. The van der Waals surface area contributed by atoms with Crippen LogP contribution < -0.4 is 9.47 Å². The fraction of sp³-hybridized carbons (Fsp3) is 0.167. The number of phenols is 1. The van der Waals surface area contributed by atoms with Gasteiger partial charge in [0, 0.05) is 0 Å². The fourth-order valence-corrected chi connectivity index (χ4v) is 2.05. The van der Waals surface area contributed by atoms with Crippen molar-refractivity contribution in [3.05, 3.63) is 53.1 Å². The third-order valence-corrected chi connectivity index (χ3v) is 3.21. The third-order valence-electron chi connectivity index (χ3n) is 3.21. The minimum Gasteiger partial charge on any atom is -0.502 e. The van der Waals surface area contributed by atoms with Gasteiger partial charge in [-0.3, -0.25) is 0 Å². The lowest BCUT2D eigenvalue weighted by Gasteiger charge is -2.10. The molecule has 0 aliphatic heterocycles. The molecule has 2 aromatic carbocycles. The van der Waals surface area contributed by atoms with Crippen molar-refractivity contribution in [3.8, 4) is 17.2 Å². The molecule has 0 aliphatic carbocycles. The monoisotopic (exact) mass is 314 g/mol. The van der Waals surface area contributed by atoms with Crippen LogP contribution in [0.15, 0.2) is 36.4 Å². The molecule has 5 heteroatoms. The number of hydrogen-bond donors (Lipinski definition) is 2. The second-order valence-corrected chi connectivity index (χ2v) is 4.76. The molecule has 0 heterocycles. The van der Waals surface area contributed by atoms with Crippen LogP contribution in [0.5, 0.6) is 17.2 Å². The van der Waals surface area contributed by atoms with Crippen molar-refractivity contribution >= 4 is 18.1 Å². The molecule has 0 spiro atoms. The van der Waals surface area contributed by atoms with E-state index in [0.29, 0.717) is 18.1 Å². The molecule has 0 unspecified atom stereocenters. The average Bonchev–Trinajstić information content (AvgIpc) is 2.56. The Kier molecular flexibility index (Phi) is 5.25. The Morgan fingerprint density at radius 1 is 1.09 bits per heavy atom. The zero-order valence-corrected chi connectivity index (χ0v) is 12.9. The molecular weight excluding hydrogens is 296 g/mol. The van der Waals surface area contributed by atoms with Gasteiger partial charge in [-0.25, -0.2) is 4.79 Å². The van der Waals surface area contributed by atoms with Crippen molar-refractivity contribution < 1.29 is 24.5 Å². The van der Waals surface area contributed by atoms with Gasteiger partial charge in [-0.1, -0.05) is 24.3 Å². The molecule has 2 aromatic rings. The predicted molar refractivity (Wildman–Crippen MR) is 88.2 cm³/mol. The number of hydrogen-bond acceptors (Lipinski definition) is 4. The standard InChI is InChI=1S/C18H18O5/c1-3-23-16-11-13(10-15(22-2)17(16)19)5-4-12-6-8-14(9-7-12)18(20)21/h4-11,19H,3H2,1-2H3,(H,20,21). The number of rotatable bonds is 6. The maximum absolute atomic E-state index is 10.8. The number of aromatic carboxylic acids is 1. The number of carbonyl (C=O) groups is 1. The molecule has 2 rings (SSSR count). The molecule has 0 bridgehead atoms. The second-order valence-electron chi connectivity index (χ2n) is 4.76. The second kappa shape index (κ2) is 7.35. The van der Waals surface area contributed by atoms with E-state index in [4.69, 9.17) is 14.6 Å². The van der Waals surface area contributed by atoms with Gasteiger partial charge in [-0.05, 0) is 42.3 Å². The Labute approximate surface area is 134 Å². The van der Waals surface area contributed by atoms with E-state index < -0.39 is 5.97 Å². The van der Waals surface area contributed by atoms with Crippen molar-refractivity contribution in [2.45, 2.75) is 6.92 Å². The summed E-state index contributed by atoms with van der Waals surface area (Å²) in [6.07, 6.45) is 3.67. The highest BCUT2D eigenvalue weighted by atomic mass is 16.5. The number of aromatic hydroxyl groups is 1. The lowest BCUT2D eigenvalue weighted by molar-refractivity contribution is 0.0697. The van der Waals surface area contributed by atoms with Crippen molar-refractivity contribution in [3.63, 3.8) is 0 Å². The molecule has 0 radical (unpaired) electrons. The van der Waals surface area contributed by atoms with Gasteiger partial charge in [0.25, 0.3) is 0 Å². The van der Waals surface area contributed by atoms with Gasteiger partial charge >= 0.3 is 5.97 Å². The summed E-state index contributed by atoms with van der Waals surface area (Å²) < 4.78 is 10.5. The first-order valence-electron chi connectivity index (χ1n) is 7.10. The molecule has 0 aliphatic rings. The molecule has 5 nitrogen and oxygen atoms in total. The minimum atomic E-state index is -0.954. The highest BCUT2D eigenvalue weighted by Gasteiger charge is 2.10. The topological polar surface area (TPSA) is 76.0 Å². The van der Waals surface area contributed by atoms with Crippen LogP contribution in [0, 0.1) is 0 Å². The van der Waals surface area contributed by atoms with E-state index in [0.717, 1.165) is 11.1 Å². The number of carboxylic acid groups (broad SMARTS) is 1. The Morgan fingerprint density at radius 3 is 2.26 bits per heavy atom. The number of carboxylic acids is 1. The Bertz CT molecular complexity index is 717. The first-order valence-corrected chi connectivity index (χ1v) is 7.10. The molecule has 0 aromatic heterocycles. The fourth-order valence-electron chi connectivity index (χ4n) is 2.05. The molecule has 0 amide bonds. The molecule has 0 atom stereocenters. The molecular formula is C18H18O5. The molecule has 0 fully saturated rings. The first kappa shape index (κ1) is 16.4. The summed E-state index contributed by atoms with van der Waals surface area (Å²) in [6.45, 7) is 2.26. The average molecular weight is 314 g/mol. The van der Waals surface area contributed by atoms with Crippen LogP contribution in [-0.4, -0.2) is 29.9 Å². The van der Waals surface area contributed by atoms with E-state index in [2.05, 4.69) is 0 Å². The number of methoxy groups -OCH3 is 1. The minimum absolute atomic E-state index is 0.0303. The summed E-state index contributed by atoms with van der Waals surface area (Å²) in [5, 5.41) is 18.9. The Hall–Kier alpha value is -2.95. The zero-order chi connectivity index (χ0) is 16.8. The largest absolute Gasteiger partial charge is 0.502 e. The van der Waals surface area contributed by atoms with Crippen LogP contribution in [0.3, 0.4) is 0 Å². The van der Waals surface area contributed by atoms with E-state index in [1.165, 1.54) is 7.11 Å². The van der Waals surface area contributed by atoms with Crippen LogP contribution in [0.25, 0.3) is 12.2 Å². The third kappa shape index (κ3) is 4.03. The predicted octanol–water partition coefficient (Wildman–Crippen LogP) is 3.67. The Balaban J connectivity index is 2.27. The van der Waals surface area contributed by atoms with E-state index in [1.54, 1.807) is 36.4 Å². The van der Waals surface area contributed by atoms with Gasteiger partial charge in [0.15, 0.2) is 11.5 Å². The van der Waals surface area contributed by atoms with Crippen LogP contribution in [-0.2, 0) is 0 Å². The maximum atomic E-state index is 10.8.